The number of phenols is 5. The van der Waals surface area contributed by atoms with Crippen LogP contribution >= 0.6 is 0 Å². The summed E-state index contributed by atoms with van der Waals surface area (Å²) in [5, 5.41) is 63.9. The molecule has 10 heteroatoms. The van der Waals surface area contributed by atoms with E-state index in [1.807, 2.05) is 0 Å². The van der Waals surface area contributed by atoms with Gasteiger partial charge in [-0.15, -0.1) is 0 Å². The second-order valence-electron chi connectivity index (χ2n) is 10.1. The van der Waals surface area contributed by atoms with E-state index in [9.17, 15) is 35.4 Å². The van der Waals surface area contributed by atoms with Gasteiger partial charge in [0.1, 0.15) is 57.7 Å². The highest BCUT2D eigenvalue weighted by molar-refractivity contribution is 6.10. The number of aromatic hydroxyl groups is 5. The zero-order valence-corrected chi connectivity index (χ0v) is 20.7. The van der Waals surface area contributed by atoms with Gasteiger partial charge in [-0.1, -0.05) is 12.1 Å². The van der Waals surface area contributed by atoms with Gasteiger partial charge in [0, 0.05) is 29.3 Å². The van der Waals surface area contributed by atoms with Gasteiger partial charge in [-0.2, -0.15) is 0 Å². The highest BCUT2D eigenvalue weighted by Gasteiger charge is 2.72. The summed E-state index contributed by atoms with van der Waals surface area (Å²) in [6.45, 7) is 0. The maximum atomic E-state index is 14.3. The highest BCUT2D eigenvalue weighted by atomic mass is 16.7. The average molecular weight is 542 g/mol. The topological polar surface area (TPSA) is 166 Å². The zero-order valence-electron chi connectivity index (χ0n) is 20.7. The van der Waals surface area contributed by atoms with Crippen LogP contribution in [0.4, 0.5) is 0 Å². The summed E-state index contributed by atoms with van der Waals surface area (Å²) in [6.07, 6.45) is 0.232. The number of carbonyl (C=O) groups excluding carboxylic acids is 1. The van der Waals surface area contributed by atoms with Crippen molar-refractivity contribution in [1.82, 2.24) is 0 Å². The van der Waals surface area contributed by atoms with Gasteiger partial charge >= 0.3 is 5.79 Å². The summed E-state index contributed by atoms with van der Waals surface area (Å²) < 4.78 is 18.8. The molecule has 202 valence electrons. The first-order valence-corrected chi connectivity index (χ1v) is 12.5. The van der Waals surface area contributed by atoms with Gasteiger partial charge in [0.15, 0.2) is 0 Å². The van der Waals surface area contributed by atoms with Crippen LogP contribution in [0.15, 0.2) is 66.7 Å². The van der Waals surface area contributed by atoms with E-state index in [1.54, 1.807) is 12.1 Å². The third-order valence-corrected chi connectivity index (χ3v) is 7.72. The molecule has 7 rings (SSSR count). The Morgan fingerprint density at radius 1 is 0.750 bits per heavy atom. The molecule has 0 aliphatic carbocycles. The molecule has 0 saturated carbocycles. The Hall–Kier alpha value is -5.09. The fraction of sp³-hybridized carbons (Fsp3) is 0.167. The van der Waals surface area contributed by atoms with Crippen LogP contribution in [0.3, 0.4) is 0 Å². The number of ketones is 1. The van der Waals surface area contributed by atoms with Crippen molar-refractivity contribution >= 4 is 5.78 Å². The smallest absolute Gasteiger partial charge is 0.319 e. The van der Waals surface area contributed by atoms with Crippen molar-refractivity contribution in [3.63, 3.8) is 0 Å². The molecule has 3 heterocycles. The van der Waals surface area contributed by atoms with E-state index >= 15 is 0 Å². The molecule has 0 aromatic heterocycles. The van der Waals surface area contributed by atoms with Gasteiger partial charge in [0.05, 0.1) is 5.56 Å². The molecule has 0 unspecified atom stereocenters. The SMILES string of the molecule is O=C1c2c(O)cc(O)cc2O[C@@]2(c3ccc(O)cc3)Oc3cc(O)c4c(c3[C@@]12O)O[C@H](c1ccc(O)cc1)CC4. The number of carbonyl (C=O) groups is 1. The van der Waals surface area contributed by atoms with Gasteiger partial charge in [-0.05, 0) is 54.8 Å². The first-order valence-electron chi connectivity index (χ1n) is 12.5. The Morgan fingerprint density at radius 3 is 2.10 bits per heavy atom. The molecule has 6 N–H and O–H groups in total. The van der Waals surface area contributed by atoms with Gasteiger partial charge < -0.3 is 44.8 Å². The molecule has 3 aliphatic heterocycles. The number of phenolic OH excluding ortho intramolecular Hbond substituents is 5. The molecule has 10 nitrogen and oxygen atoms in total. The predicted molar refractivity (Wildman–Crippen MR) is 137 cm³/mol. The van der Waals surface area contributed by atoms with Crippen LogP contribution < -0.4 is 14.2 Å². The normalized spacial score (nSPS) is 24.0. The molecule has 0 radical (unpaired) electrons. The van der Waals surface area contributed by atoms with Crippen molar-refractivity contribution in [3.8, 4) is 46.0 Å². The predicted octanol–water partition coefficient (Wildman–Crippen LogP) is 3.99. The van der Waals surface area contributed by atoms with Crippen LogP contribution in [-0.4, -0.2) is 36.4 Å². The van der Waals surface area contributed by atoms with Crippen molar-refractivity contribution in [2.45, 2.75) is 30.3 Å². The van der Waals surface area contributed by atoms with E-state index in [0.29, 0.717) is 18.4 Å². The van der Waals surface area contributed by atoms with E-state index in [2.05, 4.69) is 0 Å². The fourth-order valence-electron chi connectivity index (χ4n) is 5.85. The van der Waals surface area contributed by atoms with Gasteiger partial charge in [0.2, 0.25) is 11.4 Å². The maximum Gasteiger partial charge on any atom is 0.319 e. The molecule has 3 atom stereocenters. The number of benzene rings is 4. The Bertz CT molecular complexity index is 1710. The third kappa shape index (κ3) is 3.04. The van der Waals surface area contributed by atoms with Crippen molar-refractivity contribution in [1.29, 1.82) is 0 Å². The first-order chi connectivity index (χ1) is 19.1. The third-order valence-electron chi connectivity index (χ3n) is 7.72. The summed E-state index contributed by atoms with van der Waals surface area (Å²) in [5.41, 5.74) is -1.92. The lowest BCUT2D eigenvalue weighted by Crippen LogP contribution is -2.60. The van der Waals surface area contributed by atoms with Gasteiger partial charge in [0.25, 0.3) is 0 Å². The molecular formula is C30H22O10. The number of aliphatic hydroxyl groups is 1. The lowest BCUT2D eigenvalue weighted by atomic mass is 9.74. The van der Waals surface area contributed by atoms with Crippen LogP contribution in [0, 0.1) is 0 Å². The van der Waals surface area contributed by atoms with Crippen LogP contribution in [0.5, 0.6) is 46.0 Å². The molecule has 0 saturated heterocycles. The molecule has 0 amide bonds. The Labute approximate surface area is 226 Å². The Balaban J connectivity index is 1.48. The summed E-state index contributed by atoms with van der Waals surface area (Å²) in [4.78, 5) is 14.3. The monoisotopic (exact) mass is 542 g/mol. The summed E-state index contributed by atoms with van der Waals surface area (Å²) in [5.74, 6) is -4.77. The average Bonchev–Trinajstić information content (AvgIpc) is 3.18. The molecule has 40 heavy (non-hydrogen) atoms. The van der Waals surface area contributed by atoms with E-state index < -0.39 is 29.0 Å². The second kappa shape index (κ2) is 7.96. The lowest BCUT2D eigenvalue weighted by molar-refractivity contribution is -0.218. The molecule has 0 bridgehead atoms. The number of ether oxygens (including phenoxy) is 3. The maximum absolute atomic E-state index is 14.3. The van der Waals surface area contributed by atoms with Crippen molar-refractivity contribution in [3.05, 3.63) is 94.5 Å². The van der Waals surface area contributed by atoms with Crippen molar-refractivity contribution in [2.24, 2.45) is 0 Å². The molecule has 0 fully saturated rings. The molecule has 4 aromatic rings. The number of hydrogen-bond donors (Lipinski definition) is 6. The minimum atomic E-state index is -2.64. The van der Waals surface area contributed by atoms with Crippen molar-refractivity contribution in [2.75, 3.05) is 0 Å². The Morgan fingerprint density at radius 2 is 1.40 bits per heavy atom. The first kappa shape index (κ1) is 24.0. The molecular weight excluding hydrogens is 520 g/mol. The lowest BCUT2D eigenvalue weighted by Gasteiger charge is -2.43. The molecule has 3 aliphatic rings. The molecule has 0 spiro atoms. The van der Waals surface area contributed by atoms with E-state index in [4.69, 9.17) is 14.2 Å². The summed E-state index contributed by atoms with van der Waals surface area (Å²) in [7, 11) is 0. The van der Waals surface area contributed by atoms with Gasteiger partial charge in [-0.25, -0.2) is 0 Å². The summed E-state index contributed by atoms with van der Waals surface area (Å²) >= 11 is 0. The molecule has 4 aromatic carbocycles. The number of fused-ring (bicyclic) bond motifs is 6. The van der Waals surface area contributed by atoms with Crippen LogP contribution in [0.2, 0.25) is 0 Å². The van der Waals surface area contributed by atoms with E-state index in [0.717, 1.165) is 17.7 Å². The highest BCUT2D eigenvalue weighted by Crippen LogP contribution is 2.64. The quantitative estimate of drug-likeness (QED) is 0.218. The zero-order chi connectivity index (χ0) is 28.0. The fourth-order valence-corrected chi connectivity index (χ4v) is 5.85. The minimum absolute atomic E-state index is 0.0288. The summed E-state index contributed by atoms with van der Waals surface area (Å²) in [6, 6.07) is 15.2. The minimum Gasteiger partial charge on any atom is -0.508 e. The number of hydrogen-bond acceptors (Lipinski definition) is 10. The second-order valence-corrected chi connectivity index (χ2v) is 10.1. The largest absolute Gasteiger partial charge is 0.508 e. The number of Topliss-reactive ketones (excluding diaryl/α,β-unsaturated/α-hetero) is 1. The van der Waals surface area contributed by atoms with Gasteiger partial charge in [-0.3, -0.25) is 4.79 Å². The van der Waals surface area contributed by atoms with Crippen molar-refractivity contribution < 1.29 is 49.6 Å². The number of rotatable bonds is 2. The standard InChI is InChI=1S/C30H22O10/c31-16-5-1-14(2-6-16)22-10-9-19-20(34)13-24-26(27(19)38-22)29(37)28(36)25-21(35)11-18(33)12-23(25)39-30(29,40-24)15-3-7-17(32)8-4-15/h1-8,11-13,22,31-35,37H,9-10H2/t22-,29+,30-/m0/s1. The van der Waals surface area contributed by atoms with Crippen LogP contribution in [0.25, 0.3) is 0 Å². The van der Waals surface area contributed by atoms with Crippen LogP contribution in [0.1, 0.15) is 45.1 Å². The van der Waals surface area contributed by atoms with E-state index in [-0.39, 0.29) is 56.9 Å². The Kier molecular flexibility index (Phi) is 4.78. The van der Waals surface area contributed by atoms with E-state index in [1.165, 1.54) is 42.5 Å². The van der Waals surface area contributed by atoms with Crippen LogP contribution in [-0.2, 0) is 17.8 Å².